The van der Waals surface area contributed by atoms with Gasteiger partial charge in [0.1, 0.15) is 0 Å². The van der Waals surface area contributed by atoms with E-state index in [1.54, 1.807) is 28.8 Å². The van der Waals surface area contributed by atoms with Gasteiger partial charge in [0.25, 0.3) is 0 Å². The number of carbonyl (C=O) groups is 1. The molecule has 0 bridgehead atoms. The molecule has 0 unspecified atom stereocenters. The third-order valence-electron chi connectivity index (χ3n) is 3.95. The van der Waals surface area contributed by atoms with Crippen molar-refractivity contribution in [3.05, 3.63) is 71.8 Å². The number of alkyl halides is 3. The van der Waals surface area contributed by atoms with Gasteiger partial charge in [-0.15, -0.1) is 16.8 Å². The van der Waals surface area contributed by atoms with Gasteiger partial charge in [-0.05, 0) is 30.3 Å². The summed E-state index contributed by atoms with van der Waals surface area (Å²) in [5.74, 6) is 0.00155. The minimum atomic E-state index is -4.48. The van der Waals surface area contributed by atoms with Crippen molar-refractivity contribution >= 4 is 35.0 Å². The number of halogens is 4. The second-order valence-corrected chi connectivity index (χ2v) is 7.45. The van der Waals surface area contributed by atoms with Crippen molar-refractivity contribution in [2.45, 2.75) is 17.9 Å². The number of hydrogen-bond donors (Lipinski definition) is 1. The predicted octanol–water partition coefficient (Wildman–Crippen LogP) is 5.53. The van der Waals surface area contributed by atoms with Crippen LogP contribution >= 0.6 is 23.4 Å². The first-order valence-corrected chi connectivity index (χ1v) is 10.0. The molecule has 156 valence electrons. The topological polar surface area (TPSA) is 59.8 Å². The van der Waals surface area contributed by atoms with Gasteiger partial charge in [-0.2, -0.15) is 13.2 Å². The number of allylic oxidation sites excluding steroid dienone is 1. The summed E-state index contributed by atoms with van der Waals surface area (Å²) in [4.78, 5) is 12.2. The van der Waals surface area contributed by atoms with Gasteiger partial charge in [0.2, 0.25) is 5.91 Å². The number of nitrogens with one attached hydrogen (secondary N) is 1. The molecule has 3 rings (SSSR count). The highest BCUT2D eigenvalue weighted by molar-refractivity contribution is 7.99. The van der Waals surface area contributed by atoms with Crippen molar-refractivity contribution in [2.24, 2.45) is 0 Å². The quantitative estimate of drug-likeness (QED) is 0.378. The van der Waals surface area contributed by atoms with Crippen molar-refractivity contribution in [1.29, 1.82) is 0 Å². The Balaban J connectivity index is 1.72. The zero-order valence-electron chi connectivity index (χ0n) is 15.5. The van der Waals surface area contributed by atoms with Crippen molar-refractivity contribution in [3.8, 4) is 11.4 Å². The molecule has 0 atom stereocenters. The summed E-state index contributed by atoms with van der Waals surface area (Å²) in [7, 11) is 0. The van der Waals surface area contributed by atoms with E-state index < -0.39 is 17.6 Å². The van der Waals surface area contributed by atoms with Crippen LogP contribution in [0.25, 0.3) is 11.4 Å². The Kier molecular flexibility index (Phi) is 6.84. The summed E-state index contributed by atoms with van der Waals surface area (Å²) in [6.07, 6.45) is -2.82. The van der Waals surface area contributed by atoms with E-state index in [9.17, 15) is 18.0 Å². The fourth-order valence-corrected chi connectivity index (χ4v) is 3.60. The lowest BCUT2D eigenvalue weighted by Crippen LogP contribution is -2.15. The zero-order valence-corrected chi connectivity index (χ0v) is 17.1. The van der Waals surface area contributed by atoms with Crippen LogP contribution in [0.4, 0.5) is 18.9 Å². The number of thioether (sulfide) groups is 1. The molecule has 3 aromatic rings. The molecule has 1 N–H and O–H groups in total. The van der Waals surface area contributed by atoms with E-state index in [-0.39, 0.29) is 11.4 Å². The van der Waals surface area contributed by atoms with Crippen LogP contribution in [0, 0.1) is 0 Å². The number of aromatic nitrogens is 3. The Labute approximate surface area is 180 Å². The minimum absolute atomic E-state index is 0.0615. The fraction of sp³-hybridized carbons (Fsp3) is 0.150. The Morgan fingerprint density at radius 2 is 1.97 bits per heavy atom. The molecule has 0 radical (unpaired) electrons. The van der Waals surface area contributed by atoms with Gasteiger partial charge in [0.05, 0.1) is 16.3 Å². The Hall–Kier alpha value is -2.78. The highest BCUT2D eigenvalue weighted by Crippen LogP contribution is 2.31. The fourth-order valence-electron chi connectivity index (χ4n) is 2.63. The number of hydrogen-bond acceptors (Lipinski definition) is 4. The number of anilines is 1. The summed E-state index contributed by atoms with van der Waals surface area (Å²) in [5.41, 5.74) is -0.0726. The lowest BCUT2D eigenvalue weighted by atomic mass is 10.2. The number of carbonyl (C=O) groups excluding carboxylic acids is 1. The monoisotopic (exact) mass is 452 g/mol. The van der Waals surface area contributed by atoms with Crippen LogP contribution < -0.4 is 5.32 Å². The number of amides is 1. The first-order valence-electron chi connectivity index (χ1n) is 8.68. The maximum absolute atomic E-state index is 12.8. The predicted molar refractivity (Wildman–Crippen MR) is 111 cm³/mol. The van der Waals surface area contributed by atoms with E-state index in [0.29, 0.717) is 28.1 Å². The maximum Gasteiger partial charge on any atom is 0.416 e. The molecule has 30 heavy (non-hydrogen) atoms. The molecule has 0 saturated carbocycles. The van der Waals surface area contributed by atoms with Gasteiger partial charge in [-0.3, -0.25) is 9.36 Å². The standard InChI is InChI=1S/C20H16ClF3N4OS/c1-2-10-28-18(15-8-3-4-9-16(15)21)26-27-19(28)30-12-17(29)25-14-7-5-6-13(11-14)20(22,23)24/h2-9,11H,1,10,12H2,(H,25,29). The van der Waals surface area contributed by atoms with Crippen molar-refractivity contribution in [1.82, 2.24) is 14.8 Å². The summed E-state index contributed by atoms with van der Waals surface area (Å²) >= 11 is 7.35. The van der Waals surface area contributed by atoms with Crippen LogP contribution in [0.3, 0.4) is 0 Å². The first-order chi connectivity index (χ1) is 14.3. The molecule has 1 aromatic heterocycles. The van der Waals surface area contributed by atoms with Gasteiger partial charge in [0, 0.05) is 17.8 Å². The van der Waals surface area contributed by atoms with Crippen LogP contribution in [0.15, 0.2) is 66.3 Å². The lowest BCUT2D eigenvalue weighted by molar-refractivity contribution is -0.137. The molecule has 0 fully saturated rings. The minimum Gasteiger partial charge on any atom is -0.325 e. The van der Waals surface area contributed by atoms with Crippen molar-refractivity contribution in [2.75, 3.05) is 11.1 Å². The van der Waals surface area contributed by atoms with Crippen LogP contribution in [-0.2, 0) is 17.5 Å². The van der Waals surface area contributed by atoms with E-state index in [2.05, 4.69) is 22.1 Å². The number of nitrogens with zero attached hydrogens (tertiary/aromatic N) is 3. The summed E-state index contributed by atoms with van der Waals surface area (Å²) in [5, 5.41) is 11.7. The van der Waals surface area contributed by atoms with E-state index in [1.807, 2.05) is 6.07 Å². The molecule has 0 spiro atoms. The number of benzene rings is 2. The van der Waals surface area contributed by atoms with Gasteiger partial charge in [-0.1, -0.05) is 47.6 Å². The SMILES string of the molecule is C=CCn1c(SCC(=O)Nc2cccc(C(F)(F)F)c2)nnc1-c1ccccc1Cl. The molecule has 0 aliphatic rings. The van der Waals surface area contributed by atoms with Crippen molar-refractivity contribution in [3.63, 3.8) is 0 Å². The maximum atomic E-state index is 12.8. The first kappa shape index (κ1) is 21.9. The van der Waals surface area contributed by atoms with Gasteiger partial charge in [0.15, 0.2) is 11.0 Å². The van der Waals surface area contributed by atoms with Gasteiger partial charge < -0.3 is 5.32 Å². The number of rotatable bonds is 7. The van der Waals surface area contributed by atoms with E-state index in [4.69, 9.17) is 11.6 Å². The molecule has 0 saturated heterocycles. The Morgan fingerprint density at radius 3 is 2.67 bits per heavy atom. The highest BCUT2D eigenvalue weighted by Gasteiger charge is 2.30. The Bertz CT molecular complexity index is 1070. The van der Waals surface area contributed by atoms with E-state index >= 15 is 0 Å². The van der Waals surface area contributed by atoms with Crippen molar-refractivity contribution < 1.29 is 18.0 Å². The summed E-state index contributed by atoms with van der Waals surface area (Å²) < 4.78 is 40.2. The highest BCUT2D eigenvalue weighted by atomic mass is 35.5. The molecule has 0 aliphatic heterocycles. The Morgan fingerprint density at radius 1 is 1.20 bits per heavy atom. The van der Waals surface area contributed by atoms with Crippen LogP contribution in [0.5, 0.6) is 0 Å². The zero-order chi connectivity index (χ0) is 21.7. The second-order valence-electron chi connectivity index (χ2n) is 6.10. The normalized spacial score (nSPS) is 11.3. The van der Waals surface area contributed by atoms with Gasteiger partial charge >= 0.3 is 6.18 Å². The molecule has 5 nitrogen and oxygen atoms in total. The lowest BCUT2D eigenvalue weighted by Gasteiger charge is -2.10. The molecule has 2 aromatic carbocycles. The average Bonchev–Trinajstić information content (AvgIpc) is 3.09. The smallest absolute Gasteiger partial charge is 0.325 e. The third-order valence-corrected chi connectivity index (χ3v) is 5.25. The molecule has 10 heteroatoms. The summed E-state index contributed by atoms with van der Waals surface area (Å²) in [6.45, 7) is 4.12. The summed E-state index contributed by atoms with van der Waals surface area (Å²) in [6, 6.07) is 11.6. The molecule has 0 aliphatic carbocycles. The molecule has 1 heterocycles. The van der Waals surface area contributed by atoms with Gasteiger partial charge in [-0.25, -0.2) is 0 Å². The third kappa shape index (κ3) is 5.22. The average molecular weight is 453 g/mol. The van der Waals surface area contributed by atoms with Crippen LogP contribution in [0.1, 0.15) is 5.56 Å². The second kappa shape index (κ2) is 9.36. The molecule has 1 amide bonds. The van der Waals surface area contributed by atoms with Crippen LogP contribution in [-0.4, -0.2) is 26.4 Å². The molecular formula is C20H16ClF3N4OS. The molecular weight excluding hydrogens is 437 g/mol. The van der Waals surface area contributed by atoms with Crippen LogP contribution in [0.2, 0.25) is 5.02 Å². The largest absolute Gasteiger partial charge is 0.416 e. The van der Waals surface area contributed by atoms with E-state index in [0.717, 1.165) is 23.9 Å². The van der Waals surface area contributed by atoms with E-state index in [1.165, 1.54) is 12.1 Å².